The third kappa shape index (κ3) is 2.08. The van der Waals surface area contributed by atoms with Crippen molar-refractivity contribution in [2.75, 3.05) is 0 Å². The highest BCUT2D eigenvalue weighted by molar-refractivity contribution is 6.03. The first-order valence-electron chi connectivity index (χ1n) is 8.12. The largest absolute Gasteiger partial charge is 0.285 e. The first kappa shape index (κ1) is 14.3. The minimum absolute atomic E-state index is 0.145. The fourth-order valence-electron chi connectivity index (χ4n) is 3.28. The van der Waals surface area contributed by atoms with E-state index in [0.29, 0.717) is 33.3 Å². The number of hydrogen-bond acceptors (Lipinski definition) is 4. The van der Waals surface area contributed by atoms with E-state index in [1.807, 2.05) is 0 Å². The number of nitrogens with zero attached hydrogens (tertiary/aromatic N) is 5. The maximum absolute atomic E-state index is 14.6. The lowest BCUT2D eigenvalue weighted by Gasteiger charge is -2.11. The molecule has 25 heavy (non-hydrogen) atoms. The molecule has 124 valence electrons. The van der Waals surface area contributed by atoms with Crippen LogP contribution >= 0.6 is 0 Å². The topological polar surface area (TPSA) is 65.6 Å². The Hall–Kier alpha value is -3.09. The van der Waals surface area contributed by atoms with Gasteiger partial charge < -0.3 is 0 Å². The van der Waals surface area contributed by atoms with Crippen molar-refractivity contribution >= 4 is 21.9 Å². The SMILES string of the molecule is Cn1cc2c(n1)c(=O)n(-c1cccnc1)c1nc(C3CC3)c(F)cc21. The van der Waals surface area contributed by atoms with Gasteiger partial charge in [-0.1, -0.05) is 0 Å². The van der Waals surface area contributed by atoms with Crippen LogP contribution in [-0.4, -0.2) is 24.3 Å². The number of hydrogen-bond donors (Lipinski definition) is 0. The maximum atomic E-state index is 14.6. The van der Waals surface area contributed by atoms with E-state index >= 15 is 0 Å². The number of pyridine rings is 3. The van der Waals surface area contributed by atoms with Crippen LogP contribution < -0.4 is 5.56 Å². The molecule has 0 aromatic carbocycles. The van der Waals surface area contributed by atoms with Gasteiger partial charge in [0.25, 0.3) is 5.56 Å². The molecule has 4 aromatic heterocycles. The maximum Gasteiger partial charge on any atom is 0.285 e. The predicted molar refractivity (Wildman–Crippen MR) is 91.3 cm³/mol. The van der Waals surface area contributed by atoms with Crippen molar-refractivity contribution in [2.45, 2.75) is 18.8 Å². The Labute approximate surface area is 141 Å². The number of fused-ring (bicyclic) bond motifs is 3. The molecule has 0 saturated heterocycles. The molecule has 0 unspecified atom stereocenters. The van der Waals surface area contributed by atoms with Gasteiger partial charge in [0.2, 0.25) is 0 Å². The van der Waals surface area contributed by atoms with Crippen molar-refractivity contribution in [2.24, 2.45) is 7.05 Å². The summed E-state index contributed by atoms with van der Waals surface area (Å²) in [6.45, 7) is 0. The highest BCUT2D eigenvalue weighted by Gasteiger charge is 2.29. The van der Waals surface area contributed by atoms with Crippen molar-refractivity contribution < 1.29 is 4.39 Å². The zero-order chi connectivity index (χ0) is 17.1. The molecule has 1 fully saturated rings. The van der Waals surface area contributed by atoms with E-state index in [0.717, 1.165) is 12.8 Å². The standard InChI is InChI=1S/C18H14FN5O/c1-23-9-13-12-7-14(19)15(10-4-5-10)21-17(12)24(18(25)16(13)22-23)11-3-2-6-20-8-11/h2-3,6-10H,4-5H2,1H3. The summed E-state index contributed by atoms with van der Waals surface area (Å²) in [6.07, 6.45) is 6.82. The lowest BCUT2D eigenvalue weighted by atomic mass is 10.1. The van der Waals surface area contributed by atoms with E-state index in [1.54, 1.807) is 42.5 Å². The monoisotopic (exact) mass is 335 g/mol. The lowest BCUT2D eigenvalue weighted by molar-refractivity contribution is 0.603. The van der Waals surface area contributed by atoms with Crippen LogP contribution in [0, 0.1) is 5.82 Å². The molecule has 0 spiro atoms. The molecule has 6 nitrogen and oxygen atoms in total. The van der Waals surface area contributed by atoms with Gasteiger partial charge >= 0.3 is 0 Å². The number of rotatable bonds is 2. The molecule has 7 heteroatoms. The third-order valence-electron chi connectivity index (χ3n) is 4.59. The second-order valence-electron chi connectivity index (χ2n) is 6.42. The van der Waals surface area contributed by atoms with E-state index in [2.05, 4.69) is 15.1 Å². The minimum atomic E-state index is -0.323. The highest BCUT2D eigenvalue weighted by atomic mass is 19.1. The molecule has 1 aliphatic carbocycles. The normalized spacial score (nSPS) is 14.5. The Bertz CT molecular complexity index is 1190. The van der Waals surface area contributed by atoms with E-state index in [4.69, 9.17) is 0 Å². The third-order valence-corrected chi connectivity index (χ3v) is 4.59. The molecule has 0 aliphatic heterocycles. The van der Waals surface area contributed by atoms with E-state index in [9.17, 15) is 9.18 Å². The summed E-state index contributed by atoms with van der Waals surface area (Å²) < 4.78 is 17.6. The quantitative estimate of drug-likeness (QED) is 0.565. The smallest absolute Gasteiger partial charge is 0.274 e. The van der Waals surface area contributed by atoms with E-state index in [1.165, 1.54) is 10.6 Å². The van der Waals surface area contributed by atoms with Gasteiger partial charge in [-0.05, 0) is 31.0 Å². The van der Waals surface area contributed by atoms with Gasteiger partial charge in [-0.25, -0.2) is 9.37 Å². The average Bonchev–Trinajstić information content (AvgIpc) is 3.37. The molecule has 0 N–H and O–H groups in total. The van der Waals surface area contributed by atoms with Crippen LogP contribution in [-0.2, 0) is 7.05 Å². The van der Waals surface area contributed by atoms with Crippen LogP contribution in [0.25, 0.3) is 27.6 Å². The first-order chi connectivity index (χ1) is 12.1. The molecule has 5 rings (SSSR count). The van der Waals surface area contributed by atoms with Gasteiger partial charge in [0.05, 0.1) is 17.6 Å². The van der Waals surface area contributed by atoms with Gasteiger partial charge in [-0.3, -0.25) is 19.0 Å². The van der Waals surface area contributed by atoms with Crippen molar-refractivity contribution in [3.8, 4) is 5.69 Å². The van der Waals surface area contributed by atoms with Crippen molar-refractivity contribution in [3.63, 3.8) is 0 Å². The van der Waals surface area contributed by atoms with Gasteiger partial charge in [0, 0.05) is 36.1 Å². The fraction of sp³-hybridized carbons (Fsp3) is 0.222. The van der Waals surface area contributed by atoms with Gasteiger partial charge in [-0.15, -0.1) is 0 Å². The summed E-state index contributed by atoms with van der Waals surface area (Å²) in [4.78, 5) is 21.7. The zero-order valence-corrected chi connectivity index (χ0v) is 13.5. The number of aromatic nitrogens is 5. The Kier molecular flexibility index (Phi) is 2.83. The van der Waals surface area contributed by atoms with Gasteiger partial charge in [0.1, 0.15) is 11.5 Å². The van der Waals surface area contributed by atoms with Crippen LogP contribution in [0.2, 0.25) is 0 Å². The molecule has 0 bridgehead atoms. The van der Waals surface area contributed by atoms with Crippen molar-refractivity contribution in [1.29, 1.82) is 0 Å². The molecule has 0 radical (unpaired) electrons. The van der Waals surface area contributed by atoms with Crippen LogP contribution in [0.3, 0.4) is 0 Å². The molecule has 4 heterocycles. The summed E-state index contributed by atoms with van der Waals surface area (Å²) in [5, 5.41) is 5.45. The lowest BCUT2D eigenvalue weighted by Crippen LogP contribution is -2.21. The van der Waals surface area contributed by atoms with E-state index < -0.39 is 0 Å². The second kappa shape index (κ2) is 4.95. The fourth-order valence-corrected chi connectivity index (χ4v) is 3.28. The predicted octanol–water partition coefficient (Wildman–Crippen LogP) is 2.68. The zero-order valence-electron chi connectivity index (χ0n) is 13.5. The Morgan fingerprint density at radius 3 is 2.84 bits per heavy atom. The minimum Gasteiger partial charge on any atom is -0.274 e. The molecule has 1 saturated carbocycles. The van der Waals surface area contributed by atoms with Crippen LogP contribution in [0.1, 0.15) is 24.5 Å². The van der Waals surface area contributed by atoms with Crippen LogP contribution in [0.15, 0.2) is 41.6 Å². The molecule has 0 atom stereocenters. The summed E-state index contributed by atoms with van der Waals surface area (Å²) in [5.74, 6) is -0.178. The summed E-state index contributed by atoms with van der Waals surface area (Å²) >= 11 is 0. The van der Waals surface area contributed by atoms with Crippen molar-refractivity contribution in [1.82, 2.24) is 24.3 Å². The Balaban J connectivity index is 1.99. The molecule has 0 amide bonds. The average molecular weight is 335 g/mol. The number of halogens is 1. The molecular formula is C18H14FN5O. The van der Waals surface area contributed by atoms with Crippen LogP contribution in [0.4, 0.5) is 4.39 Å². The first-order valence-corrected chi connectivity index (χ1v) is 8.12. The molecule has 1 aliphatic rings. The second-order valence-corrected chi connectivity index (χ2v) is 6.42. The van der Waals surface area contributed by atoms with E-state index in [-0.39, 0.29) is 17.3 Å². The summed E-state index contributed by atoms with van der Waals surface area (Å²) in [5.41, 5.74) is 1.48. The summed E-state index contributed by atoms with van der Waals surface area (Å²) in [7, 11) is 1.74. The van der Waals surface area contributed by atoms with Gasteiger partial charge in [-0.2, -0.15) is 5.10 Å². The highest BCUT2D eigenvalue weighted by Crippen LogP contribution is 2.41. The van der Waals surface area contributed by atoms with Gasteiger partial charge in [0.15, 0.2) is 5.52 Å². The molecule has 4 aromatic rings. The Morgan fingerprint density at radius 1 is 1.28 bits per heavy atom. The molecular weight excluding hydrogens is 321 g/mol. The number of aryl methyl sites for hydroxylation is 1. The van der Waals surface area contributed by atoms with Crippen molar-refractivity contribution in [3.05, 3.63) is 58.7 Å². The summed E-state index contributed by atoms with van der Waals surface area (Å²) in [6, 6.07) is 5.01. The van der Waals surface area contributed by atoms with Crippen LogP contribution in [0.5, 0.6) is 0 Å². The Morgan fingerprint density at radius 2 is 2.12 bits per heavy atom.